The molecule has 0 aromatic carbocycles. The van der Waals surface area contributed by atoms with Gasteiger partial charge in [-0.05, 0) is 42.9 Å². The van der Waals surface area contributed by atoms with Crippen LogP contribution in [0, 0.1) is 11.3 Å². The summed E-state index contributed by atoms with van der Waals surface area (Å²) in [6.07, 6.45) is 2.30. The molecule has 0 aliphatic carbocycles. The standard InChI is InChI=1S/C14H24ClNS/c1-5-8-16-10-14(4,11(2)3)9-12-6-7-13(15)17-12/h6-7,11,16H,5,8-10H2,1-4H3. The van der Waals surface area contributed by atoms with E-state index < -0.39 is 0 Å². The molecule has 0 amide bonds. The second-order valence-electron chi connectivity index (χ2n) is 5.37. The van der Waals surface area contributed by atoms with Gasteiger partial charge < -0.3 is 5.32 Å². The number of halogens is 1. The van der Waals surface area contributed by atoms with Crippen molar-refractivity contribution in [2.45, 2.75) is 40.5 Å². The largest absolute Gasteiger partial charge is 0.316 e. The summed E-state index contributed by atoms with van der Waals surface area (Å²) in [5, 5.41) is 3.56. The van der Waals surface area contributed by atoms with Crippen molar-refractivity contribution in [2.75, 3.05) is 13.1 Å². The highest BCUT2D eigenvalue weighted by atomic mass is 35.5. The molecule has 1 aromatic rings. The number of hydrogen-bond acceptors (Lipinski definition) is 2. The second kappa shape index (κ2) is 6.77. The van der Waals surface area contributed by atoms with Crippen LogP contribution in [0.3, 0.4) is 0 Å². The average molecular weight is 274 g/mol. The quantitative estimate of drug-likeness (QED) is 0.716. The van der Waals surface area contributed by atoms with E-state index in [1.165, 1.54) is 11.3 Å². The van der Waals surface area contributed by atoms with Gasteiger partial charge >= 0.3 is 0 Å². The molecule has 0 aliphatic heterocycles. The minimum absolute atomic E-state index is 0.309. The third-order valence-electron chi connectivity index (χ3n) is 3.56. The number of thiophene rings is 1. The molecule has 0 saturated carbocycles. The van der Waals surface area contributed by atoms with Gasteiger partial charge in [0.1, 0.15) is 0 Å². The van der Waals surface area contributed by atoms with E-state index in [1.807, 2.05) is 6.07 Å². The number of hydrogen-bond donors (Lipinski definition) is 1. The first-order chi connectivity index (χ1) is 7.98. The van der Waals surface area contributed by atoms with Crippen LogP contribution in [-0.4, -0.2) is 13.1 Å². The lowest BCUT2D eigenvalue weighted by Crippen LogP contribution is -2.38. The number of nitrogens with one attached hydrogen (secondary N) is 1. The molecule has 0 saturated heterocycles. The minimum Gasteiger partial charge on any atom is -0.316 e. The van der Waals surface area contributed by atoms with E-state index in [0.29, 0.717) is 11.3 Å². The molecule has 1 aromatic heterocycles. The van der Waals surface area contributed by atoms with Gasteiger partial charge in [-0.15, -0.1) is 11.3 Å². The Morgan fingerprint density at radius 3 is 2.59 bits per heavy atom. The molecule has 1 heterocycles. The Morgan fingerprint density at radius 1 is 1.41 bits per heavy atom. The lowest BCUT2D eigenvalue weighted by molar-refractivity contribution is 0.209. The summed E-state index contributed by atoms with van der Waals surface area (Å²) in [5.74, 6) is 0.660. The molecule has 0 bridgehead atoms. The van der Waals surface area contributed by atoms with Crippen molar-refractivity contribution in [1.29, 1.82) is 0 Å². The zero-order valence-electron chi connectivity index (χ0n) is 11.3. The van der Waals surface area contributed by atoms with Crippen LogP contribution < -0.4 is 5.32 Å². The Hall–Kier alpha value is -0.0500. The molecule has 17 heavy (non-hydrogen) atoms. The van der Waals surface area contributed by atoms with Crippen LogP contribution in [-0.2, 0) is 6.42 Å². The van der Waals surface area contributed by atoms with Gasteiger partial charge in [-0.2, -0.15) is 0 Å². The fourth-order valence-corrected chi connectivity index (χ4v) is 3.15. The fraction of sp³-hybridized carbons (Fsp3) is 0.714. The summed E-state index contributed by atoms with van der Waals surface area (Å²) in [6.45, 7) is 11.4. The van der Waals surface area contributed by atoms with Crippen LogP contribution in [0.2, 0.25) is 4.34 Å². The van der Waals surface area contributed by atoms with Gasteiger partial charge in [-0.25, -0.2) is 0 Å². The highest BCUT2D eigenvalue weighted by Crippen LogP contribution is 2.34. The average Bonchev–Trinajstić information content (AvgIpc) is 2.64. The maximum atomic E-state index is 6.00. The summed E-state index contributed by atoms with van der Waals surface area (Å²) in [7, 11) is 0. The summed E-state index contributed by atoms with van der Waals surface area (Å²) >= 11 is 7.71. The van der Waals surface area contributed by atoms with Gasteiger partial charge in [0, 0.05) is 11.4 Å². The highest BCUT2D eigenvalue weighted by Gasteiger charge is 2.28. The zero-order valence-corrected chi connectivity index (χ0v) is 12.9. The first kappa shape index (κ1) is 15.0. The lowest BCUT2D eigenvalue weighted by atomic mass is 9.76. The van der Waals surface area contributed by atoms with Gasteiger partial charge in [0.25, 0.3) is 0 Å². The molecule has 1 unspecified atom stereocenters. The van der Waals surface area contributed by atoms with E-state index >= 15 is 0 Å². The first-order valence-corrected chi connectivity index (χ1v) is 7.62. The predicted molar refractivity (Wildman–Crippen MR) is 79.1 cm³/mol. The molecule has 0 aliphatic rings. The van der Waals surface area contributed by atoms with E-state index in [2.05, 4.69) is 39.1 Å². The zero-order chi connectivity index (χ0) is 12.9. The van der Waals surface area contributed by atoms with E-state index in [-0.39, 0.29) is 0 Å². The Bertz CT molecular complexity index is 335. The molecule has 1 rings (SSSR count). The van der Waals surface area contributed by atoms with Crippen molar-refractivity contribution >= 4 is 22.9 Å². The van der Waals surface area contributed by atoms with Crippen molar-refractivity contribution in [3.8, 4) is 0 Å². The minimum atomic E-state index is 0.309. The predicted octanol–water partition coefficient (Wildman–Crippen LogP) is 4.61. The Morgan fingerprint density at radius 2 is 2.12 bits per heavy atom. The van der Waals surface area contributed by atoms with E-state index in [1.54, 1.807) is 11.3 Å². The SMILES string of the molecule is CCCNCC(C)(Cc1ccc(Cl)s1)C(C)C. The maximum absolute atomic E-state index is 6.00. The smallest absolute Gasteiger partial charge is 0.0931 e. The summed E-state index contributed by atoms with van der Waals surface area (Å²) in [5.41, 5.74) is 0.309. The first-order valence-electron chi connectivity index (χ1n) is 6.43. The number of rotatable bonds is 7. The van der Waals surface area contributed by atoms with Crippen LogP contribution in [0.4, 0.5) is 0 Å². The lowest BCUT2D eigenvalue weighted by Gasteiger charge is -2.34. The van der Waals surface area contributed by atoms with Crippen molar-refractivity contribution in [3.05, 3.63) is 21.3 Å². The summed E-state index contributed by atoms with van der Waals surface area (Å²) in [6, 6.07) is 4.16. The van der Waals surface area contributed by atoms with Gasteiger partial charge in [-0.1, -0.05) is 39.3 Å². The normalized spacial score (nSPS) is 15.2. The summed E-state index contributed by atoms with van der Waals surface area (Å²) < 4.78 is 0.896. The van der Waals surface area contributed by atoms with Crippen LogP contribution in [0.15, 0.2) is 12.1 Å². The molecule has 1 nitrogen and oxygen atoms in total. The van der Waals surface area contributed by atoms with Gasteiger partial charge in [0.15, 0.2) is 0 Å². The van der Waals surface area contributed by atoms with E-state index in [4.69, 9.17) is 11.6 Å². The molecular formula is C14H24ClNS. The van der Waals surface area contributed by atoms with Gasteiger partial charge in [-0.3, -0.25) is 0 Å². The molecule has 1 atom stereocenters. The molecular weight excluding hydrogens is 250 g/mol. The van der Waals surface area contributed by atoms with Crippen LogP contribution in [0.5, 0.6) is 0 Å². The topological polar surface area (TPSA) is 12.0 Å². The van der Waals surface area contributed by atoms with Crippen LogP contribution in [0.1, 0.15) is 39.0 Å². The van der Waals surface area contributed by atoms with Crippen molar-refractivity contribution < 1.29 is 0 Å². The van der Waals surface area contributed by atoms with Gasteiger partial charge in [0.2, 0.25) is 0 Å². The second-order valence-corrected chi connectivity index (χ2v) is 7.17. The molecule has 0 fully saturated rings. The fourth-order valence-electron chi connectivity index (χ4n) is 1.87. The van der Waals surface area contributed by atoms with E-state index in [9.17, 15) is 0 Å². The van der Waals surface area contributed by atoms with Crippen molar-refractivity contribution in [1.82, 2.24) is 5.32 Å². The third-order valence-corrected chi connectivity index (χ3v) is 4.79. The van der Waals surface area contributed by atoms with Crippen LogP contribution >= 0.6 is 22.9 Å². The summed E-state index contributed by atoms with van der Waals surface area (Å²) in [4.78, 5) is 1.39. The van der Waals surface area contributed by atoms with Crippen molar-refractivity contribution in [2.24, 2.45) is 11.3 Å². The molecule has 0 spiro atoms. The molecule has 3 heteroatoms. The monoisotopic (exact) mass is 273 g/mol. The maximum Gasteiger partial charge on any atom is 0.0931 e. The third kappa shape index (κ3) is 4.61. The molecule has 1 N–H and O–H groups in total. The Kier molecular flexibility index (Phi) is 5.98. The van der Waals surface area contributed by atoms with Gasteiger partial charge in [0.05, 0.1) is 4.34 Å². The van der Waals surface area contributed by atoms with E-state index in [0.717, 1.165) is 23.8 Å². The molecule has 98 valence electrons. The Balaban J connectivity index is 2.64. The highest BCUT2D eigenvalue weighted by molar-refractivity contribution is 7.16. The Labute approximate surface area is 115 Å². The molecule has 0 radical (unpaired) electrons. The van der Waals surface area contributed by atoms with Crippen molar-refractivity contribution in [3.63, 3.8) is 0 Å². The van der Waals surface area contributed by atoms with Crippen LogP contribution in [0.25, 0.3) is 0 Å².